The number of hydrogen-bond acceptors (Lipinski definition) is 12. The highest BCUT2D eigenvalue weighted by molar-refractivity contribution is 6.00. The normalized spacial score (nSPS) is 44.3. The zero-order valence-electron chi connectivity index (χ0n) is 29.2. The molecule has 13 nitrogen and oxygen atoms in total. The maximum absolute atomic E-state index is 14.1. The van der Waals surface area contributed by atoms with Crippen molar-refractivity contribution in [2.45, 2.75) is 122 Å². The van der Waals surface area contributed by atoms with Gasteiger partial charge in [0.15, 0.2) is 17.7 Å². The van der Waals surface area contributed by atoms with Gasteiger partial charge in [-0.05, 0) is 67.5 Å². The van der Waals surface area contributed by atoms with Crippen LogP contribution in [0.1, 0.15) is 68.2 Å². The molecule has 4 heterocycles. The molecule has 0 aromatic heterocycles. The Morgan fingerprint density at radius 3 is 2.39 bits per heavy atom. The first-order valence-corrected chi connectivity index (χ1v) is 16.7. The molecule has 4 aliphatic heterocycles. The van der Waals surface area contributed by atoms with Crippen molar-refractivity contribution in [3.05, 3.63) is 0 Å². The highest BCUT2D eigenvalue weighted by Gasteiger charge is 2.59. The second-order valence-corrected chi connectivity index (χ2v) is 14.5. The number of likely N-dealkylation sites (N-methyl/N-ethyl adjacent to an activating group) is 1. The summed E-state index contributed by atoms with van der Waals surface area (Å²) in [6.07, 6.45) is -3.56. The van der Waals surface area contributed by atoms with Crippen LogP contribution in [-0.4, -0.2) is 133 Å². The monoisotopic (exact) mass is 652 g/mol. The summed E-state index contributed by atoms with van der Waals surface area (Å²) in [7, 11) is 3.79. The molecule has 13 atom stereocenters. The third-order valence-electron chi connectivity index (χ3n) is 10.7. The summed E-state index contributed by atoms with van der Waals surface area (Å²) >= 11 is 0. The van der Waals surface area contributed by atoms with Gasteiger partial charge >= 0.3 is 12.1 Å². The Balaban J connectivity index is 1.82. The topological polar surface area (TPSA) is 162 Å². The lowest BCUT2D eigenvalue weighted by atomic mass is 9.73. The molecular weight excluding hydrogens is 596 g/mol. The molecule has 0 aromatic rings. The standard InChI is InChI=1S/C33H56N4O9/c1-17-16-32(7,42-14-11-34)28(45-30-26(39)23(36(9)10)15-18(2)43-30)20(4)25(38)21(5)29(40)44-22(6)33(8)27-19(3)24(17)35-12-13-37(27)31(41)46-33/h17-23,26-28,30,39H,11-16,34H2,1-10H3/t17-,18+,19+,20+,21-,22-,23-,26?,27-,28-,30-,32+,33-/m1/s1. The third-order valence-corrected chi connectivity index (χ3v) is 10.7. The molecule has 0 aliphatic carbocycles. The minimum absolute atomic E-state index is 0.183. The second kappa shape index (κ2) is 14.1. The Morgan fingerprint density at radius 1 is 1.09 bits per heavy atom. The Kier molecular flexibility index (Phi) is 11.3. The molecule has 262 valence electrons. The first-order valence-electron chi connectivity index (χ1n) is 16.7. The quantitative estimate of drug-likeness (QED) is 0.319. The van der Waals surface area contributed by atoms with Crippen molar-refractivity contribution in [2.75, 3.05) is 40.3 Å². The van der Waals surface area contributed by atoms with Crippen LogP contribution in [0.25, 0.3) is 0 Å². The number of carbonyl (C=O) groups excluding carboxylic acids is 3. The molecule has 3 fully saturated rings. The van der Waals surface area contributed by atoms with Crippen LogP contribution >= 0.6 is 0 Å². The van der Waals surface area contributed by atoms with Crippen molar-refractivity contribution in [3.63, 3.8) is 0 Å². The van der Waals surface area contributed by atoms with E-state index in [-0.39, 0.29) is 37.1 Å². The number of ketones is 1. The van der Waals surface area contributed by atoms with Gasteiger partial charge in [0.05, 0.1) is 37.0 Å². The van der Waals surface area contributed by atoms with E-state index in [1.807, 2.05) is 39.8 Å². The minimum Gasteiger partial charge on any atom is -0.458 e. The predicted octanol–water partition coefficient (Wildman–Crippen LogP) is 2.01. The van der Waals surface area contributed by atoms with Gasteiger partial charge in [-0.1, -0.05) is 20.8 Å². The molecule has 46 heavy (non-hydrogen) atoms. The van der Waals surface area contributed by atoms with Gasteiger partial charge in [-0.2, -0.15) is 0 Å². The number of nitrogens with zero attached hydrogens (tertiary/aromatic N) is 3. The number of Topliss-reactive ketones (excluding diaryl/α,β-unsaturated/α-hetero) is 1. The number of ether oxygens (including phenoxy) is 5. The van der Waals surface area contributed by atoms with Crippen LogP contribution in [0.3, 0.4) is 0 Å². The summed E-state index contributed by atoms with van der Waals surface area (Å²) in [5.41, 5.74) is 4.50. The summed E-state index contributed by atoms with van der Waals surface area (Å²) in [5.74, 6) is -3.60. The van der Waals surface area contributed by atoms with E-state index in [1.54, 1.807) is 25.7 Å². The fourth-order valence-electron chi connectivity index (χ4n) is 8.15. The maximum atomic E-state index is 14.1. The number of aliphatic hydroxyl groups excluding tert-OH is 1. The smallest absolute Gasteiger partial charge is 0.410 e. The highest BCUT2D eigenvalue weighted by Crippen LogP contribution is 2.43. The minimum atomic E-state index is -1.17. The highest BCUT2D eigenvalue weighted by atomic mass is 16.7. The lowest BCUT2D eigenvalue weighted by molar-refractivity contribution is -0.297. The Morgan fingerprint density at radius 2 is 1.76 bits per heavy atom. The Bertz CT molecular complexity index is 1170. The lowest BCUT2D eigenvalue weighted by Gasteiger charge is -2.47. The van der Waals surface area contributed by atoms with E-state index in [0.717, 1.165) is 5.71 Å². The molecule has 0 aromatic carbocycles. The molecule has 0 radical (unpaired) electrons. The number of hydrogen-bond donors (Lipinski definition) is 2. The van der Waals surface area contributed by atoms with Gasteiger partial charge in [-0.15, -0.1) is 0 Å². The maximum Gasteiger partial charge on any atom is 0.410 e. The van der Waals surface area contributed by atoms with Crippen LogP contribution in [0.5, 0.6) is 0 Å². The van der Waals surface area contributed by atoms with Crippen molar-refractivity contribution < 1.29 is 43.2 Å². The molecular formula is C33H56N4O9. The largest absolute Gasteiger partial charge is 0.458 e. The van der Waals surface area contributed by atoms with E-state index >= 15 is 0 Å². The van der Waals surface area contributed by atoms with E-state index in [1.165, 1.54) is 6.92 Å². The molecule has 0 spiro atoms. The van der Waals surface area contributed by atoms with E-state index in [9.17, 15) is 19.5 Å². The zero-order valence-corrected chi connectivity index (χ0v) is 29.2. The molecule has 1 amide bonds. The number of aliphatic imine (C=N–C) groups is 1. The molecule has 0 saturated carbocycles. The van der Waals surface area contributed by atoms with Crippen molar-refractivity contribution in [1.29, 1.82) is 0 Å². The van der Waals surface area contributed by atoms with Gasteiger partial charge in [-0.25, -0.2) is 4.79 Å². The SMILES string of the molecule is C[C@H]1C(=O)O[C@H](C)[C@@]2(C)OC(=O)N3CCN=C([C@H](C)C[C@](C)(OCCN)[C@H](O[C@H]4O[C@@H](C)C[C@@H](N(C)C)C4O)[C@@H](C)C1=O)[C@H](C)[C@@H]32. The molecule has 4 aliphatic rings. The Hall–Kier alpha value is -2.16. The van der Waals surface area contributed by atoms with Crippen LogP contribution in [-0.2, 0) is 33.3 Å². The van der Waals surface area contributed by atoms with Gasteiger partial charge < -0.3 is 39.4 Å². The van der Waals surface area contributed by atoms with Crippen molar-refractivity contribution >= 4 is 23.6 Å². The average molecular weight is 653 g/mol. The first-order chi connectivity index (χ1) is 21.5. The molecule has 1 unspecified atom stereocenters. The number of rotatable bonds is 6. The summed E-state index contributed by atoms with van der Waals surface area (Å²) in [4.78, 5) is 49.5. The predicted molar refractivity (Wildman–Crippen MR) is 170 cm³/mol. The fraction of sp³-hybridized carbons (Fsp3) is 0.879. The number of aliphatic hydroxyl groups is 1. The van der Waals surface area contributed by atoms with E-state index in [2.05, 4.69) is 6.92 Å². The number of esters is 1. The van der Waals surface area contributed by atoms with Crippen molar-refractivity contribution in [2.24, 2.45) is 34.4 Å². The van der Waals surface area contributed by atoms with Gasteiger partial charge in [0.2, 0.25) is 0 Å². The number of fused-ring (bicyclic) bond motifs is 1. The average Bonchev–Trinajstić information content (AvgIpc) is 3.12. The molecule has 2 bridgehead atoms. The summed E-state index contributed by atoms with van der Waals surface area (Å²) in [6.45, 7) is 15.8. The van der Waals surface area contributed by atoms with Gasteiger partial charge in [-0.3, -0.25) is 19.5 Å². The Labute approximate surface area is 273 Å². The summed E-state index contributed by atoms with van der Waals surface area (Å²) < 4.78 is 31.2. The van der Waals surface area contributed by atoms with Gasteiger partial charge in [0.25, 0.3) is 0 Å². The van der Waals surface area contributed by atoms with Crippen LogP contribution in [0, 0.1) is 23.7 Å². The summed E-state index contributed by atoms with van der Waals surface area (Å²) in [5, 5.41) is 11.4. The zero-order chi connectivity index (χ0) is 34.3. The molecule has 3 saturated heterocycles. The fourth-order valence-corrected chi connectivity index (χ4v) is 8.15. The molecule has 4 rings (SSSR count). The lowest BCUT2D eigenvalue weighted by Crippen LogP contribution is -2.60. The first kappa shape index (κ1) is 36.7. The van der Waals surface area contributed by atoms with Crippen LogP contribution in [0.15, 0.2) is 4.99 Å². The van der Waals surface area contributed by atoms with Crippen LogP contribution < -0.4 is 5.73 Å². The number of amides is 1. The van der Waals surface area contributed by atoms with Crippen LogP contribution in [0.4, 0.5) is 4.79 Å². The second-order valence-electron chi connectivity index (χ2n) is 14.5. The number of carbonyl (C=O) groups is 3. The summed E-state index contributed by atoms with van der Waals surface area (Å²) in [6, 6.07) is -0.698. The number of nitrogens with two attached hydrogens (primary N) is 1. The van der Waals surface area contributed by atoms with E-state index in [4.69, 9.17) is 34.4 Å². The van der Waals surface area contributed by atoms with Gasteiger partial charge in [0.1, 0.15) is 18.1 Å². The van der Waals surface area contributed by atoms with Crippen molar-refractivity contribution in [3.8, 4) is 0 Å². The molecule has 13 heteroatoms. The van der Waals surface area contributed by atoms with E-state index in [0.29, 0.717) is 25.9 Å². The van der Waals surface area contributed by atoms with Crippen LogP contribution in [0.2, 0.25) is 0 Å². The van der Waals surface area contributed by atoms with Crippen molar-refractivity contribution in [1.82, 2.24) is 9.80 Å². The van der Waals surface area contributed by atoms with Gasteiger partial charge in [0, 0.05) is 36.7 Å². The van der Waals surface area contributed by atoms with E-state index < -0.39 is 71.5 Å². The number of cyclic esters (lactones) is 1. The third kappa shape index (κ3) is 6.86. The molecule has 3 N–H and O–H groups in total.